The lowest BCUT2D eigenvalue weighted by molar-refractivity contribution is 0.0814. The molecule has 0 radical (unpaired) electrons. The molecule has 2 N–H and O–H groups in total. The van der Waals surface area contributed by atoms with Crippen LogP contribution in [-0.4, -0.2) is 38.9 Å². The van der Waals surface area contributed by atoms with Crippen molar-refractivity contribution in [3.05, 3.63) is 66.4 Å². The third-order valence-corrected chi connectivity index (χ3v) is 10.9. The highest BCUT2D eigenvalue weighted by atomic mass is 35.5. The summed E-state index contributed by atoms with van der Waals surface area (Å²) < 4.78 is 2.12. The van der Waals surface area contributed by atoms with Crippen molar-refractivity contribution in [2.45, 2.75) is 12.5 Å². The maximum absolute atomic E-state index is 13.9. The van der Waals surface area contributed by atoms with Crippen molar-refractivity contribution < 1.29 is 9.90 Å². The number of fused-ring (bicyclic) bond motifs is 1. The van der Waals surface area contributed by atoms with Gasteiger partial charge in [0.15, 0.2) is 5.78 Å². The third-order valence-electron chi connectivity index (χ3n) is 5.22. The second-order valence-corrected chi connectivity index (χ2v) is 12.5. The smallest absolute Gasteiger partial charge is 0.197 e. The van der Waals surface area contributed by atoms with E-state index in [4.69, 9.17) is 11.6 Å². The molecule has 0 bridgehead atoms. The van der Waals surface area contributed by atoms with Crippen LogP contribution in [0, 0.1) is 0 Å². The molecule has 1 atom stereocenters. The van der Waals surface area contributed by atoms with Gasteiger partial charge in [-0.05, 0) is 24.6 Å². The van der Waals surface area contributed by atoms with Gasteiger partial charge in [-0.3, -0.25) is 4.79 Å². The molecular formula is C21H18ClNO2S4. The standard InChI is InChI=1S/C21H18ClNO2S4/c1-21(25)16(20-28-8-9-29-20)15(19-26-6-7-27-19)17(24)14-13(10-23-18(14)21)11-2-4-12(22)5-3-11/h2-5,10,23,25H,6-9H2,1H3. The lowest BCUT2D eigenvalue weighted by Gasteiger charge is -2.34. The number of aromatic nitrogens is 1. The van der Waals surface area contributed by atoms with Gasteiger partial charge < -0.3 is 10.1 Å². The second kappa shape index (κ2) is 7.77. The minimum absolute atomic E-state index is 0.00484. The number of aliphatic hydroxyl groups is 1. The molecular weight excluding hydrogens is 462 g/mol. The van der Waals surface area contributed by atoms with Gasteiger partial charge >= 0.3 is 0 Å². The largest absolute Gasteiger partial charge is 0.379 e. The summed E-state index contributed by atoms with van der Waals surface area (Å²) in [6, 6.07) is 7.47. The van der Waals surface area contributed by atoms with Gasteiger partial charge in [-0.2, -0.15) is 0 Å². The molecule has 1 aromatic carbocycles. The number of benzene rings is 1. The van der Waals surface area contributed by atoms with Gasteiger partial charge in [-0.25, -0.2) is 0 Å². The molecule has 2 saturated heterocycles. The number of carbonyl (C=O) groups excluding carboxylic acids is 1. The number of aromatic amines is 1. The average Bonchev–Trinajstić information content (AvgIpc) is 3.46. The van der Waals surface area contributed by atoms with Gasteiger partial charge in [-0.1, -0.05) is 23.7 Å². The van der Waals surface area contributed by atoms with Crippen molar-refractivity contribution in [2.24, 2.45) is 0 Å². The number of thioether (sulfide) groups is 4. The number of H-pyrrole nitrogens is 1. The predicted octanol–water partition coefficient (Wildman–Crippen LogP) is 6.12. The first-order chi connectivity index (χ1) is 14.0. The fourth-order valence-electron chi connectivity index (χ4n) is 3.91. The summed E-state index contributed by atoms with van der Waals surface area (Å²) in [6.07, 6.45) is 1.83. The Kier molecular flexibility index (Phi) is 5.42. The Morgan fingerprint density at radius 1 is 1.00 bits per heavy atom. The first kappa shape index (κ1) is 20.2. The summed E-state index contributed by atoms with van der Waals surface area (Å²) in [4.78, 5) is 17.1. The Morgan fingerprint density at radius 3 is 2.21 bits per heavy atom. The van der Waals surface area contributed by atoms with E-state index >= 15 is 0 Å². The van der Waals surface area contributed by atoms with Crippen LogP contribution in [0.1, 0.15) is 23.0 Å². The van der Waals surface area contributed by atoms with Crippen molar-refractivity contribution in [3.8, 4) is 11.1 Å². The zero-order chi connectivity index (χ0) is 20.2. The van der Waals surface area contributed by atoms with Crippen LogP contribution in [0.15, 0.2) is 50.1 Å². The molecule has 5 rings (SSSR count). The molecule has 0 spiro atoms. The van der Waals surface area contributed by atoms with Crippen molar-refractivity contribution in [1.82, 2.24) is 4.98 Å². The Hall–Kier alpha value is -0.700. The Labute approximate surface area is 191 Å². The summed E-state index contributed by atoms with van der Waals surface area (Å²) in [5, 5.41) is 12.4. The maximum Gasteiger partial charge on any atom is 0.197 e. The van der Waals surface area contributed by atoms with Crippen LogP contribution >= 0.6 is 58.6 Å². The van der Waals surface area contributed by atoms with Gasteiger partial charge in [0.05, 0.1) is 21.1 Å². The van der Waals surface area contributed by atoms with Crippen LogP contribution in [-0.2, 0) is 5.60 Å². The molecule has 2 aliphatic heterocycles. The molecule has 3 aliphatic rings. The van der Waals surface area contributed by atoms with E-state index in [2.05, 4.69) is 4.98 Å². The third kappa shape index (κ3) is 3.34. The van der Waals surface area contributed by atoms with E-state index in [1.807, 2.05) is 37.4 Å². The molecule has 1 aliphatic carbocycles. The Bertz CT molecular complexity index is 1050. The lowest BCUT2D eigenvalue weighted by atomic mass is 9.76. The molecule has 8 heteroatoms. The Morgan fingerprint density at radius 2 is 1.59 bits per heavy atom. The number of hydrogen-bond donors (Lipinski definition) is 2. The van der Waals surface area contributed by atoms with E-state index in [9.17, 15) is 9.90 Å². The minimum atomic E-state index is -1.25. The van der Waals surface area contributed by atoms with Crippen LogP contribution < -0.4 is 0 Å². The number of nitrogens with one attached hydrogen (secondary N) is 1. The molecule has 0 amide bonds. The molecule has 3 nitrogen and oxygen atoms in total. The van der Waals surface area contributed by atoms with E-state index in [1.54, 1.807) is 47.0 Å². The van der Waals surface area contributed by atoms with E-state index < -0.39 is 5.60 Å². The summed E-state index contributed by atoms with van der Waals surface area (Å²) in [5.41, 5.74) is 3.10. The van der Waals surface area contributed by atoms with E-state index in [1.165, 1.54) is 0 Å². The second-order valence-electron chi connectivity index (χ2n) is 7.08. The van der Waals surface area contributed by atoms with Gasteiger partial charge in [-0.15, -0.1) is 47.0 Å². The van der Waals surface area contributed by atoms with Crippen LogP contribution in [0.4, 0.5) is 0 Å². The van der Waals surface area contributed by atoms with Crippen molar-refractivity contribution in [2.75, 3.05) is 23.0 Å². The van der Waals surface area contributed by atoms with Crippen LogP contribution in [0.2, 0.25) is 5.02 Å². The molecule has 2 aromatic rings. The van der Waals surface area contributed by atoms with Gasteiger partial charge in [0.1, 0.15) is 5.60 Å². The van der Waals surface area contributed by atoms with Gasteiger partial charge in [0.2, 0.25) is 0 Å². The monoisotopic (exact) mass is 479 g/mol. The summed E-state index contributed by atoms with van der Waals surface area (Å²) in [7, 11) is 0. The average molecular weight is 480 g/mol. The molecule has 2 fully saturated rings. The topological polar surface area (TPSA) is 53.1 Å². The first-order valence-electron chi connectivity index (χ1n) is 9.24. The number of carbonyl (C=O) groups is 1. The van der Waals surface area contributed by atoms with Crippen molar-refractivity contribution in [1.29, 1.82) is 0 Å². The van der Waals surface area contributed by atoms with Gasteiger partial charge in [0, 0.05) is 49.6 Å². The fourth-order valence-corrected chi connectivity index (χ4v) is 9.35. The molecule has 3 heterocycles. The number of hydrogen-bond acceptors (Lipinski definition) is 6. The molecule has 29 heavy (non-hydrogen) atoms. The number of halogens is 1. The minimum Gasteiger partial charge on any atom is -0.379 e. The zero-order valence-corrected chi connectivity index (χ0v) is 19.6. The van der Waals surface area contributed by atoms with Crippen LogP contribution in [0.3, 0.4) is 0 Å². The van der Waals surface area contributed by atoms with E-state index in [0.717, 1.165) is 48.2 Å². The molecule has 1 unspecified atom stereocenters. The van der Waals surface area contributed by atoms with Crippen LogP contribution in [0.5, 0.6) is 0 Å². The number of ketones is 1. The lowest BCUT2D eigenvalue weighted by Crippen LogP contribution is -2.35. The zero-order valence-electron chi connectivity index (χ0n) is 15.6. The SMILES string of the molecule is CC1(O)C(=C2SCCS2)C(=C2SCCS2)C(=O)c2c(-c3ccc(Cl)cc3)c[nH]c21. The highest BCUT2D eigenvalue weighted by molar-refractivity contribution is 8.25. The van der Waals surface area contributed by atoms with Crippen molar-refractivity contribution >= 4 is 64.4 Å². The quantitative estimate of drug-likeness (QED) is 0.480. The van der Waals surface area contributed by atoms with Crippen LogP contribution in [0.25, 0.3) is 11.1 Å². The highest BCUT2D eigenvalue weighted by Crippen LogP contribution is 2.55. The number of Topliss-reactive ketones (excluding diaryl/α,β-unsaturated/α-hetero) is 1. The van der Waals surface area contributed by atoms with E-state index in [-0.39, 0.29) is 5.78 Å². The molecule has 150 valence electrons. The molecule has 1 aromatic heterocycles. The predicted molar refractivity (Wildman–Crippen MR) is 129 cm³/mol. The van der Waals surface area contributed by atoms with Gasteiger partial charge in [0.25, 0.3) is 0 Å². The fraction of sp³-hybridized carbons (Fsp3) is 0.286. The first-order valence-corrected chi connectivity index (χ1v) is 13.6. The Balaban J connectivity index is 1.77. The maximum atomic E-state index is 13.9. The summed E-state index contributed by atoms with van der Waals surface area (Å²) in [5.74, 6) is 4.00. The van der Waals surface area contributed by atoms with E-state index in [0.29, 0.717) is 21.9 Å². The normalized spacial score (nSPS) is 24.6. The number of rotatable bonds is 1. The highest BCUT2D eigenvalue weighted by Gasteiger charge is 2.47. The summed E-state index contributed by atoms with van der Waals surface area (Å²) in [6.45, 7) is 1.81. The van der Waals surface area contributed by atoms with Crippen molar-refractivity contribution in [3.63, 3.8) is 0 Å². The molecule has 0 saturated carbocycles. The summed E-state index contributed by atoms with van der Waals surface area (Å²) >= 11 is 13.0.